The molecule has 5 aromatic rings. The summed E-state index contributed by atoms with van der Waals surface area (Å²) in [5.74, 6) is 0.639. The first-order valence-electron chi connectivity index (χ1n) is 10.9. The molecule has 34 heavy (non-hydrogen) atoms. The Morgan fingerprint density at radius 3 is 2.71 bits per heavy atom. The largest absolute Gasteiger partial charge is 0.383 e. The molecule has 5 heterocycles. The number of aromatic nitrogens is 7. The number of imidazole rings is 2. The van der Waals surface area contributed by atoms with Crippen molar-refractivity contribution in [2.45, 2.75) is 20.4 Å². The molecule has 5 N–H and O–H groups in total. The van der Waals surface area contributed by atoms with E-state index in [0.717, 1.165) is 41.2 Å². The zero-order valence-electron chi connectivity index (χ0n) is 18.9. The lowest BCUT2D eigenvalue weighted by Crippen LogP contribution is -2.12. The van der Waals surface area contributed by atoms with Crippen molar-refractivity contribution in [1.29, 1.82) is 5.41 Å². The van der Waals surface area contributed by atoms with E-state index in [9.17, 15) is 0 Å². The molecule has 0 aromatic carbocycles. The van der Waals surface area contributed by atoms with Gasteiger partial charge in [0.05, 0.1) is 35.6 Å². The van der Waals surface area contributed by atoms with Crippen LogP contribution in [0.3, 0.4) is 0 Å². The fourth-order valence-corrected chi connectivity index (χ4v) is 3.75. The average Bonchev–Trinajstić information content (AvgIpc) is 3.49. The highest BCUT2D eigenvalue weighted by Gasteiger charge is 2.17. The van der Waals surface area contributed by atoms with Crippen molar-refractivity contribution in [3.05, 3.63) is 78.3 Å². The molecule has 170 valence electrons. The number of nitrogen functional groups attached to an aromatic ring is 1. The van der Waals surface area contributed by atoms with E-state index < -0.39 is 0 Å². The van der Waals surface area contributed by atoms with Gasteiger partial charge in [0, 0.05) is 48.0 Å². The van der Waals surface area contributed by atoms with E-state index in [2.05, 4.69) is 43.2 Å². The van der Waals surface area contributed by atoms with Crippen LogP contribution in [0, 0.1) is 12.3 Å². The van der Waals surface area contributed by atoms with Crippen molar-refractivity contribution in [3.63, 3.8) is 0 Å². The fraction of sp³-hybridized carbons (Fsp3) is 0.167. The minimum absolute atomic E-state index is 0.146. The first-order chi connectivity index (χ1) is 16.5. The molecule has 0 aliphatic rings. The molecule has 5 rings (SSSR count). The maximum absolute atomic E-state index is 8.84. The van der Waals surface area contributed by atoms with Crippen LogP contribution in [0.4, 0.5) is 5.82 Å². The van der Waals surface area contributed by atoms with E-state index in [-0.39, 0.29) is 11.5 Å². The third-order valence-electron chi connectivity index (χ3n) is 5.50. The maximum Gasteiger partial charge on any atom is 0.157 e. The Morgan fingerprint density at radius 1 is 1.09 bits per heavy atom. The van der Waals surface area contributed by atoms with Crippen molar-refractivity contribution in [2.24, 2.45) is 0 Å². The van der Waals surface area contributed by atoms with Crippen LogP contribution in [0.15, 0.2) is 55.6 Å². The highest BCUT2D eigenvalue weighted by atomic mass is 15.1. The van der Waals surface area contributed by atoms with Gasteiger partial charge in [-0.15, -0.1) is 0 Å². The average molecular weight is 453 g/mol. The molecule has 0 aliphatic heterocycles. The van der Waals surface area contributed by atoms with E-state index >= 15 is 0 Å². The summed E-state index contributed by atoms with van der Waals surface area (Å²) in [6, 6.07) is 3.91. The number of hydrogen-bond acceptors (Lipinski definition) is 8. The Bertz CT molecular complexity index is 1500. The molecule has 10 heteroatoms. The third kappa shape index (κ3) is 4.02. The van der Waals surface area contributed by atoms with Crippen LogP contribution in [-0.4, -0.2) is 46.7 Å². The van der Waals surface area contributed by atoms with Gasteiger partial charge < -0.3 is 20.6 Å². The Kier molecular flexibility index (Phi) is 5.56. The molecule has 10 nitrogen and oxygen atoms in total. The SMILES string of the molecule is CCNCc1cncc(-c2cnc(N)c(C(=N)c3nc4c(-n5cnc(C)c5)cncc4[nH]3)c2)c1. The number of nitrogens with one attached hydrogen (secondary N) is 3. The topological polar surface area (TPSA) is 147 Å². The summed E-state index contributed by atoms with van der Waals surface area (Å²) in [6.07, 6.45) is 12.3. The van der Waals surface area contributed by atoms with Gasteiger partial charge >= 0.3 is 0 Å². The van der Waals surface area contributed by atoms with Crippen molar-refractivity contribution in [3.8, 4) is 16.8 Å². The number of pyridine rings is 3. The molecule has 0 saturated carbocycles. The maximum atomic E-state index is 8.84. The van der Waals surface area contributed by atoms with Crippen LogP contribution >= 0.6 is 0 Å². The molecular formula is C24H24N10. The second-order valence-electron chi connectivity index (χ2n) is 7.96. The second kappa shape index (κ2) is 8.83. The number of nitrogens with zero attached hydrogens (tertiary/aromatic N) is 6. The normalized spacial score (nSPS) is 11.2. The van der Waals surface area contributed by atoms with Gasteiger partial charge in [-0.05, 0) is 31.2 Å². The molecule has 0 radical (unpaired) electrons. The Hall–Kier alpha value is -4.44. The molecule has 0 aliphatic carbocycles. The highest BCUT2D eigenvalue weighted by molar-refractivity contribution is 6.13. The minimum atomic E-state index is 0.146. The second-order valence-corrected chi connectivity index (χ2v) is 7.96. The molecule has 5 aromatic heterocycles. The summed E-state index contributed by atoms with van der Waals surface area (Å²) in [7, 11) is 0. The summed E-state index contributed by atoms with van der Waals surface area (Å²) < 4.78 is 1.86. The van der Waals surface area contributed by atoms with Crippen LogP contribution < -0.4 is 11.1 Å². The van der Waals surface area contributed by atoms with Crippen LogP contribution in [0.2, 0.25) is 0 Å². The van der Waals surface area contributed by atoms with Gasteiger partial charge in [-0.3, -0.25) is 15.4 Å². The Labute approximate surface area is 195 Å². The summed E-state index contributed by atoms with van der Waals surface area (Å²) in [5.41, 5.74) is 12.7. The van der Waals surface area contributed by atoms with Gasteiger partial charge in [0.2, 0.25) is 0 Å². The Morgan fingerprint density at radius 2 is 1.91 bits per heavy atom. The fourth-order valence-electron chi connectivity index (χ4n) is 3.75. The van der Waals surface area contributed by atoms with Crippen LogP contribution in [0.5, 0.6) is 0 Å². The van der Waals surface area contributed by atoms with Crippen LogP contribution in [-0.2, 0) is 6.54 Å². The molecule has 0 unspecified atom stereocenters. The summed E-state index contributed by atoms with van der Waals surface area (Å²) in [4.78, 5) is 25.2. The van der Waals surface area contributed by atoms with Crippen molar-refractivity contribution < 1.29 is 0 Å². The number of nitrogens with two attached hydrogens (primary N) is 1. The predicted octanol–water partition coefficient (Wildman–Crippen LogP) is 3.02. The number of fused-ring (bicyclic) bond motifs is 1. The smallest absolute Gasteiger partial charge is 0.157 e. The molecule has 0 saturated heterocycles. The lowest BCUT2D eigenvalue weighted by atomic mass is 10.0. The van der Waals surface area contributed by atoms with Crippen molar-refractivity contribution >= 4 is 22.6 Å². The molecule has 0 spiro atoms. The number of rotatable bonds is 7. The van der Waals surface area contributed by atoms with Crippen molar-refractivity contribution in [2.75, 3.05) is 12.3 Å². The zero-order chi connectivity index (χ0) is 23.7. The van der Waals surface area contributed by atoms with E-state index in [1.54, 1.807) is 31.1 Å². The van der Waals surface area contributed by atoms with Gasteiger partial charge in [-0.1, -0.05) is 6.92 Å². The quantitative estimate of drug-likeness (QED) is 0.278. The van der Waals surface area contributed by atoms with Gasteiger partial charge in [0.25, 0.3) is 0 Å². The summed E-state index contributed by atoms with van der Waals surface area (Å²) in [6.45, 7) is 5.59. The van der Waals surface area contributed by atoms with E-state index in [1.807, 2.05) is 30.0 Å². The first-order valence-corrected chi connectivity index (χ1v) is 10.9. The molecule has 0 amide bonds. The first kappa shape index (κ1) is 21.4. The monoisotopic (exact) mass is 452 g/mol. The van der Waals surface area contributed by atoms with E-state index in [1.165, 1.54) is 0 Å². The molecule has 0 fully saturated rings. The molecule has 0 bridgehead atoms. The number of H-pyrrole nitrogens is 1. The summed E-state index contributed by atoms with van der Waals surface area (Å²) in [5, 5.41) is 12.1. The predicted molar refractivity (Wildman–Crippen MR) is 131 cm³/mol. The number of aryl methyl sites for hydroxylation is 1. The molecule has 0 atom stereocenters. The van der Waals surface area contributed by atoms with Crippen LogP contribution in [0.25, 0.3) is 27.8 Å². The number of anilines is 1. The van der Waals surface area contributed by atoms with E-state index in [0.29, 0.717) is 22.4 Å². The highest BCUT2D eigenvalue weighted by Crippen LogP contribution is 2.25. The Balaban J connectivity index is 1.52. The minimum Gasteiger partial charge on any atom is -0.383 e. The van der Waals surface area contributed by atoms with E-state index in [4.69, 9.17) is 16.1 Å². The van der Waals surface area contributed by atoms with Gasteiger partial charge in [-0.25, -0.2) is 15.0 Å². The van der Waals surface area contributed by atoms with Crippen LogP contribution in [0.1, 0.15) is 29.6 Å². The lowest BCUT2D eigenvalue weighted by Gasteiger charge is -2.09. The van der Waals surface area contributed by atoms with Gasteiger partial charge in [0.1, 0.15) is 17.0 Å². The zero-order valence-corrected chi connectivity index (χ0v) is 18.9. The van der Waals surface area contributed by atoms with Crippen molar-refractivity contribution in [1.82, 2.24) is 39.8 Å². The molecular weight excluding hydrogens is 428 g/mol. The standard InChI is InChI=1S/C24H24N10/c1-3-27-6-15-4-16(8-28-7-15)17-5-18(23(26)30-9-17)21(25)24-32-19-10-29-11-20(22(19)33-24)34-12-14(2)31-13-34/h4-5,7-13,25,27H,3,6H2,1-2H3,(H2,26,30)(H,32,33). The lowest BCUT2D eigenvalue weighted by molar-refractivity contribution is 0.724. The number of hydrogen-bond donors (Lipinski definition) is 4. The van der Waals surface area contributed by atoms with Gasteiger partial charge in [-0.2, -0.15) is 0 Å². The van der Waals surface area contributed by atoms with Gasteiger partial charge in [0.15, 0.2) is 5.82 Å². The number of aromatic amines is 1. The third-order valence-corrected chi connectivity index (χ3v) is 5.50. The summed E-state index contributed by atoms with van der Waals surface area (Å²) >= 11 is 0.